The number of rotatable bonds is 8. The molecule has 176 valence electrons. The Bertz CT molecular complexity index is 1200. The van der Waals surface area contributed by atoms with Crippen molar-refractivity contribution in [1.29, 1.82) is 0 Å². The summed E-state index contributed by atoms with van der Waals surface area (Å²) < 4.78 is 45.1. The van der Waals surface area contributed by atoms with Crippen molar-refractivity contribution in [2.24, 2.45) is 0 Å². The van der Waals surface area contributed by atoms with Crippen LogP contribution in [0.1, 0.15) is 28.4 Å². The van der Waals surface area contributed by atoms with E-state index in [9.17, 15) is 27.6 Å². The predicted octanol–water partition coefficient (Wildman–Crippen LogP) is 3.99. The van der Waals surface area contributed by atoms with Gasteiger partial charge in [-0.2, -0.15) is 0 Å². The fraction of sp³-hybridized carbons (Fsp3) is 0.160. The lowest BCUT2D eigenvalue weighted by molar-refractivity contribution is -0.130. The van der Waals surface area contributed by atoms with Gasteiger partial charge >= 0.3 is 5.97 Å². The zero-order valence-electron chi connectivity index (χ0n) is 18.1. The first-order valence-electron chi connectivity index (χ1n) is 10.3. The van der Waals surface area contributed by atoms with Crippen LogP contribution >= 0.6 is 0 Å². The highest BCUT2D eigenvalue weighted by Gasteiger charge is 2.22. The Hall–Kier alpha value is -4.14. The van der Waals surface area contributed by atoms with Gasteiger partial charge in [0.1, 0.15) is 0 Å². The van der Waals surface area contributed by atoms with Gasteiger partial charge in [0.25, 0.3) is 5.91 Å². The number of ether oxygens (including phenoxy) is 1. The number of nitrogens with one attached hydrogen (secondary N) is 2. The molecule has 0 aliphatic heterocycles. The molecule has 0 aliphatic carbocycles. The molecule has 3 aromatic carbocycles. The number of carbonyl (C=O) groups excluding carboxylic acids is 3. The Balaban J connectivity index is 1.55. The highest BCUT2D eigenvalue weighted by atomic mass is 19.2. The minimum absolute atomic E-state index is 0.303. The molecule has 0 saturated heterocycles. The van der Waals surface area contributed by atoms with Gasteiger partial charge in [0.05, 0.1) is 17.8 Å². The molecule has 2 N–H and O–H groups in total. The maximum atomic E-state index is 13.7. The molecule has 3 rings (SSSR count). The summed E-state index contributed by atoms with van der Waals surface area (Å²) >= 11 is 0. The molecule has 0 radical (unpaired) electrons. The number of benzene rings is 3. The monoisotopic (exact) mass is 470 g/mol. The average molecular weight is 470 g/mol. The molecule has 0 aliphatic rings. The minimum atomic E-state index is -1.73. The average Bonchev–Trinajstić information content (AvgIpc) is 2.83. The third kappa shape index (κ3) is 6.22. The number of amides is 2. The van der Waals surface area contributed by atoms with Crippen LogP contribution in [0.3, 0.4) is 0 Å². The van der Waals surface area contributed by atoms with Crippen molar-refractivity contribution >= 4 is 23.5 Å². The molecule has 2 amide bonds. The fourth-order valence-corrected chi connectivity index (χ4v) is 3.09. The van der Waals surface area contributed by atoms with Gasteiger partial charge in [-0.25, -0.2) is 18.0 Å². The summed E-state index contributed by atoms with van der Waals surface area (Å²) in [5.41, 5.74) is 1.45. The fourth-order valence-electron chi connectivity index (χ4n) is 3.09. The summed E-state index contributed by atoms with van der Waals surface area (Å²) in [7, 11) is 0. The smallest absolute Gasteiger partial charge is 0.339 e. The quantitative estimate of drug-likeness (QED) is 0.385. The van der Waals surface area contributed by atoms with E-state index in [1.54, 1.807) is 24.3 Å². The molecule has 0 heterocycles. The second kappa shape index (κ2) is 11.1. The van der Waals surface area contributed by atoms with Gasteiger partial charge in [-0.15, -0.1) is 0 Å². The molecule has 0 saturated carbocycles. The van der Waals surface area contributed by atoms with Crippen molar-refractivity contribution in [3.05, 3.63) is 101 Å². The summed E-state index contributed by atoms with van der Waals surface area (Å²) in [6.07, 6.45) is -0.738. The van der Waals surface area contributed by atoms with E-state index >= 15 is 0 Å². The van der Waals surface area contributed by atoms with Gasteiger partial charge in [0.15, 0.2) is 23.6 Å². The van der Waals surface area contributed by atoms with E-state index in [0.29, 0.717) is 18.1 Å². The summed E-state index contributed by atoms with van der Waals surface area (Å²) in [4.78, 5) is 36.8. The van der Waals surface area contributed by atoms with Crippen molar-refractivity contribution in [3.8, 4) is 0 Å². The highest BCUT2D eigenvalue weighted by Crippen LogP contribution is 2.19. The van der Waals surface area contributed by atoms with E-state index in [1.165, 1.54) is 6.92 Å². The lowest BCUT2D eigenvalue weighted by Crippen LogP contribution is -2.40. The van der Waals surface area contributed by atoms with Crippen LogP contribution in [0.2, 0.25) is 0 Å². The minimum Gasteiger partial charge on any atom is -0.449 e. The van der Waals surface area contributed by atoms with Gasteiger partial charge in [-0.05, 0) is 42.7 Å². The summed E-state index contributed by atoms with van der Waals surface area (Å²) in [5.74, 6) is -7.04. The van der Waals surface area contributed by atoms with Crippen LogP contribution in [0.5, 0.6) is 0 Å². The van der Waals surface area contributed by atoms with Crippen molar-refractivity contribution < 1.29 is 32.3 Å². The standard InChI is InChI=1S/C25H21F3N2O4/c1-15(24(32)29-14-21(31)30-20-12-11-19(26)22(27)23(20)28)34-25(33)18-10-6-5-9-17(18)13-16-7-3-2-4-8-16/h2-12,15H,13-14H2,1H3,(H,29,32)(H,30,31). The van der Waals surface area contributed by atoms with Crippen LogP contribution in [-0.2, 0) is 20.7 Å². The first kappa shape index (κ1) is 24.5. The van der Waals surface area contributed by atoms with Crippen molar-refractivity contribution in [2.45, 2.75) is 19.4 Å². The van der Waals surface area contributed by atoms with Gasteiger partial charge in [-0.3, -0.25) is 9.59 Å². The SMILES string of the molecule is CC(OC(=O)c1ccccc1Cc1ccccc1)C(=O)NCC(=O)Nc1ccc(F)c(F)c1F. The Morgan fingerprint density at radius 3 is 2.29 bits per heavy atom. The third-order valence-corrected chi connectivity index (χ3v) is 4.86. The second-order valence-electron chi connectivity index (χ2n) is 7.36. The van der Waals surface area contributed by atoms with E-state index in [0.717, 1.165) is 17.2 Å². The molecular formula is C25H21F3N2O4. The number of hydrogen-bond donors (Lipinski definition) is 2. The molecule has 1 unspecified atom stereocenters. The topological polar surface area (TPSA) is 84.5 Å². The zero-order valence-corrected chi connectivity index (χ0v) is 18.1. The van der Waals surface area contributed by atoms with E-state index in [-0.39, 0.29) is 0 Å². The first-order chi connectivity index (χ1) is 16.3. The molecule has 6 nitrogen and oxygen atoms in total. The van der Waals surface area contributed by atoms with Crippen molar-refractivity contribution in [1.82, 2.24) is 5.32 Å². The molecule has 0 bridgehead atoms. The van der Waals surface area contributed by atoms with Crippen LogP contribution in [0.4, 0.5) is 18.9 Å². The summed E-state index contributed by atoms with van der Waals surface area (Å²) in [6.45, 7) is 0.726. The van der Waals surface area contributed by atoms with Crippen molar-refractivity contribution in [2.75, 3.05) is 11.9 Å². The zero-order chi connectivity index (χ0) is 24.7. The van der Waals surface area contributed by atoms with Crippen LogP contribution in [0, 0.1) is 17.5 Å². The third-order valence-electron chi connectivity index (χ3n) is 4.86. The molecule has 0 spiro atoms. The highest BCUT2D eigenvalue weighted by molar-refractivity contribution is 5.96. The molecule has 0 aromatic heterocycles. The first-order valence-corrected chi connectivity index (χ1v) is 10.3. The normalized spacial score (nSPS) is 11.4. The molecule has 1 atom stereocenters. The van der Waals surface area contributed by atoms with Gasteiger partial charge < -0.3 is 15.4 Å². The van der Waals surface area contributed by atoms with Gasteiger partial charge in [-0.1, -0.05) is 48.5 Å². The largest absolute Gasteiger partial charge is 0.449 e. The number of esters is 1. The van der Waals surface area contributed by atoms with Crippen LogP contribution in [0.25, 0.3) is 0 Å². The van der Waals surface area contributed by atoms with E-state index in [1.807, 2.05) is 35.6 Å². The summed E-state index contributed by atoms with van der Waals surface area (Å²) in [5, 5.41) is 4.27. The van der Waals surface area contributed by atoms with Crippen LogP contribution in [0.15, 0.2) is 66.7 Å². The molecule has 9 heteroatoms. The van der Waals surface area contributed by atoms with Gasteiger partial charge in [0.2, 0.25) is 5.91 Å². The molecule has 0 fully saturated rings. The van der Waals surface area contributed by atoms with Crippen LogP contribution < -0.4 is 10.6 Å². The van der Waals surface area contributed by atoms with E-state index < -0.39 is 53.6 Å². The second-order valence-corrected chi connectivity index (χ2v) is 7.36. The lowest BCUT2D eigenvalue weighted by Gasteiger charge is -2.15. The Morgan fingerprint density at radius 2 is 1.56 bits per heavy atom. The number of anilines is 1. The Morgan fingerprint density at radius 1 is 0.882 bits per heavy atom. The number of halogens is 3. The van der Waals surface area contributed by atoms with Gasteiger partial charge in [0, 0.05) is 0 Å². The van der Waals surface area contributed by atoms with E-state index in [4.69, 9.17) is 4.74 Å². The van der Waals surface area contributed by atoms with E-state index in [2.05, 4.69) is 5.32 Å². The Kier molecular flexibility index (Phi) is 8.02. The molecule has 3 aromatic rings. The molecule has 34 heavy (non-hydrogen) atoms. The lowest BCUT2D eigenvalue weighted by atomic mass is 10.00. The Labute approximate surface area is 193 Å². The van der Waals surface area contributed by atoms with Crippen LogP contribution in [-0.4, -0.2) is 30.4 Å². The van der Waals surface area contributed by atoms with Crippen molar-refractivity contribution in [3.63, 3.8) is 0 Å². The summed E-state index contributed by atoms with van der Waals surface area (Å²) in [6, 6.07) is 17.9. The number of hydrogen-bond acceptors (Lipinski definition) is 4. The predicted molar refractivity (Wildman–Crippen MR) is 119 cm³/mol. The molecular weight excluding hydrogens is 449 g/mol. The maximum Gasteiger partial charge on any atom is 0.339 e. The maximum absolute atomic E-state index is 13.7. The number of carbonyl (C=O) groups is 3.